The van der Waals surface area contributed by atoms with Gasteiger partial charge in [0.25, 0.3) is 5.91 Å². The normalized spacial score (nSPS) is 21.0. The summed E-state index contributed by atoms with van der Waals surface area (Å²) in [5.41, 5.74) is 1.93. The van der Waals surface area contributed by atoms with E-state index in [0.717, 1.165) is 56.6 Å². The number of carbonyl (C=O) groups excluding carboxylic acids is 2. The Labute approximate surface area is 137 Å². The van der Waals surface area contributed by atoms with Gasteiger partial charge < -0.3 is 15.5 Å². The molecule has 2 aliphatic rings. The predicted octanol–water partition coefficient (Wildman–Crippen LogP) is 1.51. The first-order valence-electron chi connectivity index (χ1n) is 8.61. The highest BCUT2D eigenvalue weighted by atomic mass is 16.2. The van der Waals surface area contributed by atoms with E-state index in [2.05, 4.69) is 16.7 Å². The van der Waals surface area contributed by atoms with Crippen molar-refractivity contribution in [2.45, 2.75) is 31.6 Å². The van der Waals surface area contributed by atoms with Crippen LogP contribution in [-0.4, -0.2) is 49.4 Å². The van der Waals surface area contributed by atoms with Gasteiger partial charge in [-0.3, -0.25) is 9.59 Å². The standard InChI is InChI=1S/C18H25N3O2/c22-17-7-3-11-21(17)12-4-9-20-18(23)16-6-2-1-5-15(16)14-8-10-19-13-14/h1-2,5-6,14,19H,3-4,7-13H2,(H,20,23)/t14-/m1/s1. The van der Waals surface area contributed by atoms with E-state index in [1.807, 2.05) is 23.1 Å². The minimum absolute atomic E-state index is 0.000230. The lowest BCUT2D eigenvalue weighted by atomic mass is 9.93. The van der Waals surface area contributed by atoms with Crippen LogP contribution in [0.3, 0.4) is 0 Å². The van der Waals surface area contributed by atoms with Gasteiger partial charge in [-0.25, -0.2) is 0 Å². The van der Waals surface area contributed by atoms with Crippen LogP contribution in [0, 0.1) is 0 Å². The van der Waals surface area contributed by atoms with Gasteiger partial charge in [-0.05, 0) is 43.4 Å². The average Bonchev–Trinajstić information content (AvgIpc) is 3.23. The van der Waals surface area contributed by atoms with Gasteiger partial charge in [-0.1, -0.05) is 18.2 Å². The van der Waals surface area contributed by atoms with E-state index in [0.29, 0.717) is 18.9 Å². The van der Waals surface area contributed by atoms with E-state index in [-0.39, 0.29) is 11.8 Å². The first kappa shape index (κ1) is 16.0. The second kappa shape index (κ2) is 7.59. The van der Waals surface area contributed by atoms with Gasteiger partial charge in [0, 0.05) is 38.2 Å². The van der Waals surface area contributed by atoms with E-state index >= 15 is 0 Å². The maximum Gasteiger partial charge on any atom is 0.251 e. The summed E-state index contributed by atoms with van der Waals surface area (Å²) < 4.78 is 0. The van der Waals surface area contributed by atoms with E-state index in [1.165, 1.54) is 0 Å². The van der Waals surface area contributed by atoms with Crippen molar-refractivity contribution in [3.8, 4) is 0 Å². The highest BCUT2D eigenvalue weighted by Gasteiger charge is 2.22. The number of hydrogen-bond acceptors (Lipinski definition) is 3. The van der Waals surface area contributed by atoms with E-state index in [1.54, 1.807) is 0 Å². The van der Waals surface area contributed by atoms with Crippen molar-refractivity contribution in [3.05, 3.63) is 35.4 Å². The first-order chi connectivity index (χ1) is 11.3. The molecule has 2 aliphatic heterocycles. The Kier molecular flexibility index (Phi) is 5.28. The molecule has 1 aromatic rings. The molecule has 23 heavy (non-hydrogen) atoms. The molecule has 1 aromatic carbocycles. The molecule has 2 amide bonds. The minimum Gasteiger partial charge on any atom is -0.352 e. The van der Waals surface area contributed by atoms with Crippen molar-refractivity contribution < 1.29 is 9.59 Å². The summed E-state index contributed by atoms with van der Waals surface area (Å²) in [6, 6.07) is 7.90. The number of nitrogens with one attached hydrogen (secondary N) is 2. The molecule has 1 atom stereocenters. The summed E-state index contributed by atoms with van der Waals surface area (Å²) >= 11 is 0. The van der Waals surface area contributed by atoms with E-state index in [4.69, 9.17) is 0 Å². The number of carbonyl (C=O) groups is 2. The quantitative estimate of drug-likeness (QED) is 0.782. The van der Waals surface area contributed by atoms with Crippen LogP contribution in [0.1, 0.15) is 47.5 Å². The fourth-order valence-corrected chi connectivity index (χ4v) is 3.49. The lowest BCUT2D eigenvalue weighted by Crippen LogP contribution is -2.31. The zero-order valence-corrected chi connectivity index (χ0v) is 13.5. The second-order valence-corrected chi connectivity index (χ2v) is 6.37. The fraction of sp³-hybridized carbons (Fsp3) is 0.556. The van der Waals surface area contributed by atoms with Crippen LogP contribution < -0.4 is 10.6 Å². The Morgan fingerprint density at radius 3 is 2.96 bits per heavy atom. The van der Waals surface area contributed by atoms with Crippen molar-refractivity contribution in [1.82, 2.24) is 15.5 Å². The number of nitrogens with zero attached hydrogens (tertiary/aromatic N) is 1. The predicted molar refractivity (Wildman–Crippen MR) is 89.4 cm³/mol. The Morgan fingerprint density at radius 2 is 2.22 bits per heavy atom. The van der Waals surface area contributed by atoms with Crippen LogP contribution in [0.5, 0.6) is 0 Å². The van der Waals surface area contributed by atoms with Gasteiger partial charge in [0.1, 0.15) is 0 Å². The van der Waals surface area contributed by atoms with Crippen LogP contribution in [-0.2, 0) is 4.79 Å². The topological polar surface area (TPSA) is 61.4 Å². The molecule has 0 aromatic heterocycles. The fourth-order valence-electron chi connectivity index (χ4n) is 3.49. The molecular formula is C18H25N3O2. The number of amides is 2. The third-order valence-electron chi connectivity index (χ3n) is 4.77. The Morgan fingerprint density at radius 1 is 1.35 bits per heavy atom. The number of benzene rings is 1. The Hall–Kier alpha value is -1.88. The maximum atomic E-state index is 12.5. The molecule has 3 rings (SSSR count). The molecule has 2 heterocycles. The molecule has 5 heteroatoms. The van der Waals surface area contributed by atoms with Crippen LogP contribution in [0.25, 0.3) is 0 Å². The lowest BCUT2D eigenvalue weighted by molar-refractivity contribution is -0.127. The molecule has 5 nitrogen and oxygen atoms in total. The molecule has 0 saturated carbocycles. The number of likely N-dealkylation sites (tertiary alicyclic amines) is 1. The summed E-state index contributed by atoms with van der Waals surface area (Å²) in [6.07, 6.45) is 3.54. The summed E-state index contributed by atoms with van der Waals surface area (Å²) in [5.74, 6) is 0.676. The van der Waals surface area contributed by atoms with E-state index in [9.17, 15) is 9.59 Å². The van der Waals surface area contributed by atoms with Gasteiger partial charge in [-0.15, -0.1) is 0 Å². The lowest BCUT2D eigenvalue weighted by Gasteiger charge is -2.16. The Balaban J connectivity index is 1.51. The summed E-state index contributed by atoms with van der Waals surface area (Å²) in [6.45, 7) is 4.18. The molecule has 2 saturated heterocycles. The molecule has 0 radical (unpaired) electrons. The summed E-state index contributed by atoms with van der Waals surface area (Å²) in [4.78, 5) is 25.9. The summed E-state index contributed by atoms with van der Waals surface area (Å²) in [7, 11) is 0. The second-order valence-electron chi connectivity index (χ2n) is 6.37. The van der Waals surface area contributed by atoms with Crippen molar-refractivity contribution in [2.24, 2.45) is 0 Å². The Bertz CT molecular complexity index is 567. The monoisotopic (exact) mass is 315 g/mol. The van der Waals surface area contributed by atoms with Crippen LogP contribution >= 0.6 is 0 Å². The largest absolute Gasteiger partial charge is 0.352 e. The zero-order valence-electron chi connectivity index (χ0n) is 13.5. The molecule has 2 N–H and O–H groups in total. The average molecular weight is 315 g/mol. The van der Waals surface area contributed by atoms with Crippen molar-refractivity contribution >= 4 is 11.8 Å². The molecule has 0 unspecified atom stereocenters. The van der Waals surface area contributed by atoms with Crippen molar-refractivity contribution in [3.63, 3.8) is 0 Å². The van der Waals surface area contributed by atoms with Gasteiger partial charge >= 0.3 is 0 Å². The summed E-state index contributed by atoms with van der Waals surface area (Å²) in [5, 5.41) is 6.36. The van der Waals surface area contributed by atoms with Crippen molar-refractivity contribution in [1.29, 1.82) is 0 Å². The third kappa shape index (κ3) is 3.91. The molecular weight excluding hydrogens is 290 g/mol. The molecule has 0 aliphatic carbocycles. The van der Waals surface area contributed by atoms with Gasteiger partial charge in [0.05, 0.1) is 0 Å². The van der Waals surface area contributed by atoms with Gasteiger partial charge in [0.15, 0.2) is 0 Å². The van der Waals surface area contributed by atoms with Crippen molar-refractivity contribution in [2.75, 3.05) is 32.7 Å². The maximum absolute atomic E-state index is 12.5. The number of hydrogen-bond donors (Lipinski definition) is 2. The minimum atomic E-state index is 0.000230. The SMILES string of the molecule is O=C(NCCCN1CCCC1=O)c1ccccc1[C@@H]1CCNC1. The molecule has 0 bridgehead atoms. The molecule has 0 spiro atoms. The molecule has 2 fully saturated rings. The molecule has 124 valence electrons. The first-order valence-corrected chi connectivity index (χ1v) is 8.61. The number of rotatable bonds is 6. The zero-order chi connectivity index (χ0) is 16.1. The van der Waals surface area contributed by atoms with Crippen LogP contribution in [0.15, 0.2) is 24.3 Å². The smallest absolute Gasteiger partial charge is 0.251 e. The third-order valence-corrected chi connectivity index (χ3v) is 4.77. The van der Waals surface area contributed by atoms with Gasteiger partial charge in [-0.2, -0.15) is 0 Å². The van der Waals surface area contributed by atoms with Crippen LogP contribution in [0.2, 0.25) is 0 Å². The highest BCUT2D eigenvalue weighted by molar-refractivity contribution is 5.95. The van der Waals surface area contributed by atoms with Gasteiger partial charge in [0.2, 0.25) is 5.91 Å². The van der Waals surface area contributed by atoms with E-state index < -0.39 is 0 Å². The highest BCUT2D eigenvalue weighted by Crippen LogP contribution is 2.25. The van der Waals surface area contributed by atoms with Crippen LogP contribution in [0.4, 0.5) is 0 Å².